The largest absolute Gasteiger partial charge is 0.478 e. The van der Waals surface area contributed by atoms with Crippen molar-refractivity contribution in [3.8, 4) is 0 Å². The van der Waals surface area contributed by atoms with Gasteiger partial charge in [-0.3, -0.25) is 0 Å². The first-order chi connectivity index (χ1) is 9.49. The molecule has 0 aromatic heterocycles. The van der Waals surface area contributed by atoms with E-state index in [-0.39, 0.29) is 18.0 Å². The maximum absolute atomic E-state index is 13.6. The summed E-state index contributed by atoms with van der Waals surface area (Å²) in [6.45, 7) is 4.67. The van der Waals surface area contributed by atoms with Gasteiger partial charge in [0.25, 0.3) is 0 Å². The van der Waals surface area contributed by atoms with Gasteiger partial charge in [0.2, 0.25) is 0 Å². The zero-order valence-corrected chi connectivity index (χ0v) is 11.4. The number of epoxide rings is 1. The summed E-state index contributed by atoms with van der Waals surface area (Å²) >= 11 is 0. The predicted molar refractivity (Wildman–Crippen MR) is 71.9 cm³/mol. The van der Waals surface area contributed by atoms with Crippen LogP contribution in [0.15, 0.2) is 18.2 Å². The minimum atomic E-state index is -1.07. The number of carbonyl (C=O) groups is 1. The number of halogens is 1. The molecule has 1 aromatic carbocycles. The lowest BCUT2D eigenvalue weighted by molar-refractivity contribution is -0.131. The average Bonchev–Trinajstić information content (AvgIpc) is 3.21. The van der Waals surface area contributed by atoms with E-state index < -0.39 is 5.97 Å². The van der Waals surface area contributed by atoms with Gasteiger partial charge in [-0.15, -0.1) is 0 Å². The highest BCUT2D eigenvalue weighted by molar-refractivity contribution is 5.86. The van der Waals surface area contributed by atoms with Crippen LogP contribution < -0.4 is 0 Å². The predicted octanol–water partition coefficient (Wildman–Crippen LogP) is 2.71. The average molecular weight is 280 g/mol. The number of ether oxygens (including phenoxy) is 2. The molecule has 0 amide bonds. The number of benzene rings is 1. The molecule has 1 aliphatic rings. The maximum Gasteiger partial charge on any atom is 0.328 e. The summed E-state index contributed by atoms with van der Waals surface area (Å²) in [6.07, 6.45) is 2.30. The van der Waals surface area contributed by atoms with E-state index in [1.165, 1.54) is 12.1 Å². The molecule has 1 aliphatic heterocycles. The van der Waals surface area contributed by atoms with Crippen LogP contribution >= 0.6 is 0 Å². The molecular weight excluding hydrogens is 263 g/mol. The second-order valence-electron chi connectivity index (χ2n) is 4.78. The van der Waals surface area contributed by atoms with Crippen LogP contribution in [-0.4, -0.2) is 30.4 Å². The van der Waals surface area contributed by atoms with Crippen LogP contribution in [0.25, 0.3) is 6.08 Å². The van der Waals surface area contributed by atoms with Crippen molar-refractivity contribution in [2.75, 3.05) is 13.2 Å². The maximum atomic E-state index is 13.6. The Hall–Kier alpha value is -1.72. The topological polar surface area (TPSA) is 59.1 Å². The highest BCUT2D eigenvalue weighted by Gasteiger charge is 2.24. The zero-order chi connectivity index (χ0) is 14.7. The monoisotopic (exact) mass is 280 g/mol. The fourth-order valence-corrected chi connectivity index (χ4v) is 1.96. The van der Waals surface area contributed by atoms with E-state index in [1.807, 2.05) is 6.92 Å². The van der Waals surface area contributed by atoms with Gasteiger partial charge in [-0.2, -0.15) is 0 Å². The molecule has 1 aromatic rings. The molecule has 1 N–H and O–H groups in total. The third-order valence-electron chi connectivity index (χ3n) is 3.25. The van der Waals surface area contributed by atoms with Crippen LogP contribution in [0.5, 0.6) is 0 Å². The minimum Gasteiger partial charge on any atom is -0.478 e. The van der Waals surface area contributed by atoms with Gasteiger partial charge in [-0.1, -0.05) is 6.07 Å². The Morgan fingerprint density at radius 1 is 1.65 bits per heavy atom. The van der Waals surface area contributed by atoms with Crippen molar-refractivity contribution < 1.29 is 23.8 Å². The van der Waals surface area contributed by atoms with Crippen molar-refractivity contribution in [2.45, 2.75) is 26.1 Å². The van der Waals surface area contributed by atoms with Crippen LogP contribution in [0, 0.1) is 12.7 Å². The van der Waals surface area contributed by atoms with Crippen molar-refractivity contribution in [1.82, 2.24) is 0 Å². The number of hydrogen-bond acceptors (Lipinski definition) is 3. The van der Waals surface area contributed by atoms with Crippen molar-refractivity contribution in [3.05, 3.63) is 40.7 Å². The van der Waals surface area contributed by atoms with E-state index in [0.29, 0.717) is 24.3 Å². The van der Waals surface area contributed by atoms with Crippen LogP contribution in [0.2, 0.25) is 0 Å². The van der Waals surface area contributed by atoms with Crippen LogP contribution in [0.4, 0.5) is 4.39 Å². The normalized spacial score (nSPS) is 19.2. The summed E-state index contributed by atoms with van der Waals surface area (Å²) in [7, 11) is 0. The van der Waals surface area contributed by atoms with Gasteiger partial charge < -0.3 is 14.6 Å². The van der Waals surface area contributed by atoms with Crippen LogP contribution in [0.3, 0.4) is 0 Å². The zero-order valence-electron chi connectivity index (χ0n) is 11.4. The first kappa shape index (κ1) is 14.7. The Labute approximate surface area is 116 Å². The number of rotatable bonds is 6. The Morgan fingerprint density at radius 2 is 2.35 bits per heavy atom. The quantitative estimate of drug-likeness (QED) is 0.643. The third-order valence-corrected chi connectivity index (χ3v) is 3.25. The Balaban J connectivity index is 2.24. The molecule has 0 radical (unpaired) electrons. The van der Waals surface area contributed by atoms with Crippen LogP contribution in [-0.2, 0) is 14.3 Å². The molecule has 2 rings (SSSR count). The lowest BCUT2D eigenvalue weighted by Crippen LogP contribution is -2.08. The molecule has 1 saturated heterocycles. The molecule has 4 nitrogen and oxygen atoms in total. The van der Waals surface area contributed by atoms with E-state index in [1.54, 1.807) is 13.0 Å². The lowest BCUT2D eigenvalue weighted by atomic mass is 9.97. The number of carboxylic acids is 1. The molecule has 0 unspecified atom stereocenters. The molecule has 1 fully saturated rings. The van der Waals surface area contributed by atoms with Crippen molar-refractivity contribution in [2.24, 2.45) is 0 Å². The Morgan fingerprint density at radius 3 is 2.95 bits per heavy atom. The molecule has 5 heteroatoms. The van der Waals surface area contributed by atoms with E-state index in [2.05, 4.69) is 0 Å². The summed E-state index contributed by atoms with van der Waals surface area (Å²) in [5.74, 6) is -1.43. The van der Waals surface area contributed by atoms with Gasteiger partial charge >= 0.3 is 5.97 Å². The number of aliphatic carboxylic acids is 1. The molecule has 0 aliphatic carbocycles. The first-order valence-electron chi connectivity index (χ1n) is 6.42. The minimum absolute atomic E-state index is 0.150. The van der Waals surface area contributed by atoms with Gasteiger partial charge in [0.05, 0.1) is 19.3 Å². The molecular formula is C15H17FO4. The summed E-state index contributed by atoms with van der Waals surface area (Å²) in [4.78, 5) is 10.6. The second kappa shape index (κ2) is 6.15. The Bertz CT molecular complexity index is 535. The SMILES string of the molecule is Cc1c(F)ccc([C@@H](C)OC[C@H]2CO2)c1/C=C/C(=O)O. The van der Waals surface area contributed by atoms with E-state index in [4.69, 9.17) is 14.6 Å². The standard InChI is InChI=1S/C15H17FO4/c1-9-12(4-6-15(17)18)13(3-5-14(9)16)10(2)19-7-11-8-20-11/h3-6,10-11H,7-8H2,1-2H3,(H,17,18)/b6-4+/t10-,11+/m1/s1. The van der Waals surface area contributed by atoms with E-state index >= 15 is 0 Å². The number of hydrogen-bond donors (Lipinski definition) is 1. The summed E-state index contributed by atoms with van der Waals surface area (Å²) in [6, 6.07) is 3.00. The molecule has 2 atom stereocenters. The van der Waals surface area contributed by atoms with E-state index in [9.17, 15) is 9.18 Å². The molecule has 20 heavy (non-hydrogen) atoms. The van der Waals surface area contributed by atoms with Gasteiger partial charge in [-0.25, -0.2) is 9.18 Å². The summed E-state index contributed by atoms with van der Waals surface area (Å²) < 4.78 is 24.4. The lowest BCUT2D eigenvalue weighted by Gasteiger charge is -2.17. The molecule has 108 valence electrons. The van der Waals surface area contributed by atoms with Gasteiger partial charge in [-0.05, 0) is 42.7 Å². The smallest absolute Gasteiger partial charge is 0.328 e. The molecule has 0 saturated carbocycles. The van der Waals surface area contributed by atoms with Crippen LogP contribution in [0.1, 0.15) is 29.7 Å². The van der Waals surface area contributed by atoms with Crippen molar-refractivity contribution in [3.63, 3.8) is 0 Å². The molecule has 0 spiro atoms. The molecule has 1 heterocycles. The van der Waals surface area contributed by atoms with Gasteiger partial charge in [0.1, 0.15) is 11.9 Å². The second-order valence-corrected chi connectivity index (χ2v) is 4.78. The van der Waals surface area contributed by atoms with Crippen molar-refractivity contribution in [1.29, 1.82) is 0 Å². The van der Waals surface area contributed by atoms with Crippen molar-refractivity contribution >= 4 is 12.0 Å². The highest BCUT2D eigenvalue weighted by Crippen LogP contribution is 2.27. The van der Waals surface area contributed by atoms with E-state index in [0.717, 1.165) is 11.6 Å². The van der Waals surface area contributed by atoms with Gasteiger partial charge in [0, 0.05) is 6.08 Å². The molecule has 0 bridgehead atoms. The van der Waals surface area contributed by atoms with Gasteiger partial charge in [0.15, 0.2) is 0 Å². The summed E-state index contributed by atoms with van der Waals surface area (Å²) in [5.41, 5.74) is 1.73. The third kappa shape index (κ3) is 3.65. The highest BCUT2D eigenvalue weighted by atomic mass is 19.1. The number of carboxylic acid groups (broad SMARTS) is 1. The fraction of sp³-hybridized carbons (Fsp3) is 0.400. The summed E-state index contributed by atoms with van der Waals surface area (Å²) in [5, 5.41) is 8.72. The Kier molecular flexibility index (Phi) is 4.52. The fourth-order valence-electron chi connectivity index (χ4n) is 1.96. The first-order valence-corrected chi connectivity index (χ1v) is 6.42.